The van der Waals surface area contributed by atoms with Crippen LogP contribution in [0, 0.1) is 11.3 Å². The average molecular weight is 231 g/mol. The number of piperazine rings is 1. The smallest absolute Gasteiger partial charge is 0.144 e. The highest BCUT2D eigenvalue weighted by Gasteiger charge is 2.13. The molecular formula is C12H17N5. The van der Waals surface area contributed by atoms with Gasteiger partial charge in [0.15, 0.2) is 0 Å². The van der Waals surface area contributed by atoms with E-state index in [2.05, 4.69) is 33.4 Å². The zero-order valence-electron chi connectivity index (χ0n) is 10.1. The summed E-state index contributed by atoms with van der Waals surface area (Å²) in [6.07, 6.45) is 1.65. The Morgan fingerprint density at radius 3 is 2.88 bits per heavy atom. The predicted molar refractivity (Wildman–Crippen MR) is 64.9 cm³/mol. The molecule has 1 aromatic rings. The minimum Gasteiger partial charge on any atom is -0.304 e. The number of nitrogens with zero attached hydrogens (tertiary/aromatic N) is 4. The topological polar surface area (TPSA) is 55.2 Å². The first kappa shape index (κ1) is 12.0. The van der Waals surface area contributed by atoms with E-state index in [0.29, 0.717) is 12.2 Å². The van der Waals surface area contributed by atoms with Gasteiger partial charge in [-0.25, -0.2) is 9.99 Å². The van der Waals surface area contributed by atoms with Crippen LogP contribution in [-0.4, -0.2) is 48.1 Å². The number of rotatable bonds is 3. The van der Waals surface area contributed by atoms with Gasteiger partial charge in [0.05, 0.1) is 0 Å². The molecule has 5 heteroatoms. The Labute approximate surface area is 102 Å². The number of nitriles is 1. The summed E-state index contributed by atoms with van der Waals surface area (Å²) in [5.41, 5.74) is 4.81. The van der Waals surface area contributed by atoms with E-state index in [1.807, 2.05) is 12.1 Å². The zero-order chi connectivity index (χ0) is 12.1. The number of pyridine rings is 1. The minimum absolute atomic E-state index is 0.508. The van der Waals surface area contributed by atoms with Crippen molar-refractivity contribution in [3.63, 3.8) is 0 Å². The van der Waals surface area contributed by atoms with Crippen LogP contribution < -0.4 is 5.43 Å². The first-order valence-corrected chi connectivity index (χ1v) is 5.80. The third-order valence-corrected chi connectivity index (χ3v) is 2.99. The van der Waals surface area contributed by atoms with Crippen molar-refractivity contribution in [1.29, 1.82) is 5.26 Å². The normalized spacial score (nSPS) is 17.9. The van der Waals surface area contributed by atoms with Crippen molar-refractivity contribution < 1.29 is 0 Å². The molecule has 2 rings (SSSR count). The van der Waals surface area contributed by atoms with E-state index in [1.165, 1.54) is 0 Å². The molecule has 0 atom stereocenters. The van der Waals surface area contributed by atoms with Gasteiger partial charge in [-0.15, -0.1) is 0 Å². The van der Waals surface area contributed by atoms with Gasteiger partial charge in [0.2, 0.25) is 0 Å². The van der Waals surface area contributed by atoms with Crippen molar-refractivity contribution >= 4 is 0 Å². The molecule has 0 radical (unpaired) electrons. The highest BCUT2D eigenvalue weighted by Crippen LogP contribution is 2.04. The van der Waals surface area contributed by atoms with E-state index >= 15 is 0 Å². The van der Waals surface area contributed by atoms with E-state index in [-0.39, 0.29) is 0 Å². The molecule has 2 heterocycles. The Morgan fingerprint density at radius 2 is 2.18 bits per heavy atom. The van der Waals surface area contributed by atoms with Gasteiger partial charge in [0, 0.05) is 44.5 Å². The lowest BCUT2D eigenvalue weighted by molar-refractivity contribution is 0.102. The van der Waals surface area contributed by atoms with Crippen LogP contribution in [0.4, 0.5) is 0 Å². The highest BCUT2D eigenvalue weighted by molar-refractivity contribution is 5.30. The molecule has 0 bridgehead atoms. The second-order valence-electron chi connectivity index (χ2n) is 4.25. The number of nitrogens with one attached hydrogen (secondary N) is 1. The Hall–Kier alpha value is -1.48. The van der Waals surface area contributed by atoms with E-state index < -0.39 is 0 Å². The zero-order valence-corrected chi connectivity index (χ0v) is 10.1. The van der Waals surface area contributed by atoms with Crippen LogP contribution in [0.2, 0.25) is 0 Å². The molecule has 1 saturated heterocycles. The van der Waals surface area contributed by atoms with Crippen molar-refractivity contribution in [3.05, 3.63) is 29.6 Å². The van der Waals surface area contributed by atoms with Crippen molar-refractivity contribution in [2.45, 2.75) is 6.54 Å². The van der Waals surface area contributed by atoms with Crippen LogP contribution >= 0.6 is 0 Å². The standard InChI is InChI=1S/C12H17N5/c1-16-5-7-17(8-6-16)15-10-11-3-2-4-14-12(11)9-13/h2-4,15H,5-8,10H2,1H3. The van der Waals surface area contributed by atoms with Crippen LogP contribution in [0.1, 0.15) is 11.3 Å². The molecule has 1 fully saturated rings. The molecule has 0 spiro atoms. The lowest BCUT2D eigenvalue weighted by Crippen LogP contribution is -2.50. The van der Waals surface area contributed by atoms with Gasteiger partial charge in [-0.05, 0) is 13.1 Å². The summed E-state index contributed by atoms with van der Waals surface area (Å²) in [4.78, 5) is 6.35. The molecular weight excluding hydrogens is 214 g/mol. The van der Waals surface area contributed by atoms with Crippen molar-refractivity contribution in [3.8, 4) is 6.07 Å². The van der Waals surface area contributed by atoms with Gasteiger partial charge < -0.3 is 4.90 Å². The summed E-state index contributed by atoms with van der Waals surface area (Å²) in [6, 6.07) is 5.91. The van der Waals surface area contributed by atoms with Crippen LogP contribution in [-0.2, 0) is 6.54 Å². The first-order valence-electron chi connectivity index (χ1n) is 5.80. The quantitative estimate of drug-likeness (QED) is 0.805. The second-order valence-corrected chi connectivity index (χ2v) is 4.25. The number of hydrazine groups is 1. The molecule has 1 aromatic heterocycles. The SMILES string of the molecule is CN1CCN(NCc2cccnc2C#N)CC1. The molecule has 0 aliphatic carbocycles. The summed E-state index contributed by atoms with van der Waals surface area (Å²) < 4.78 is 0. The average Bonchev–Trinajstić information content (AvgIpc) is 2.38. The molecule has 1 aliphatic heterocycles. The molecule has 1 N–H and O–H groups in total. The maximum Gasteiger partial charge on any atom is 0.144 e. The molecule has 0 amide bonds. The minimum atomic E-state index is 0.508. The number of likely N-dealkylation sites (N-methyl/N-ethyl adjacent to an activating group) is 1. The predicted octanol–water partition coefficient (Wildman–Crippen LogP) is 0.205. The molecule has 0 unspecified atom stereocenters. The van der Waals surface area contributed by atoms with Gasteiger partial charge in [-0.1, -0.05) is 6.07 Å². The lowest BCUT2D eigenvalue weighted by atomic mass is 10.2. The molecule has 0 saturated carbocycles. The van der Waals surface area contributed by atoms with Crippen LogP contribution in [0.5, 0.6) is 0 Å². The van der Waals surface area contributed by atoms with Gasteiger partial charge in [-0.2, -0.15) is 5.26 Å². The molecule has 1 aliphatic rings. The number of aromatic nitrogens is 1. The summed E-state index contributed by atoms with van der Waals surface area (Å²) in [6.45, 7) is 4.84. The molecule has 0 aromatic carbocycles. The fourth-order valence-corrected chi connectivity index (χ4v) is 1.84. The van der Waals surface area contributed by atoms with Crippen LogP contribution in [0.25, 0.3) is 0 Å². The van der Waals surface area contributed by atoms with E-state index in [1.54, 1.807) is 6.20 Å². The van der Waals surface area contributed by atoms with Gasteiger partial charge >= 0.3 is 0 Å². The van der Waals surface area contributed by atoms with Gasteiger partial charge in [-0.3, -0.25) is 5.43 Å². The van der Waals surface area contributed by atoms with E-state index in [4.69, 9.17) is 5.26 Å². The summed E-state index contributed by atoms with van der Waals surface area (Å²) in [5.74, 6) is 0. The fraction of sp³-hybridized carbons (Fsp3) is 0.500. The lowest BCUT2D eigenvalue weighted by Gasteiger charge is -2.32. The fourth-order valence-electron chi connectivity index (χ4n) is 1.84. The van der Waals surface area contributed by atoms with Crippen LogP contribution in [0.15, 0.2) is 18.3 Å². The Bertz CT molecular complexity index is 404. The van der Waals surface area contributed by atoms with Crippen molar-refractivity contribution in [1.82, 2.24) is 20.3 Å². The molecule has 90 valence electrons. The number of hydrogen-bond donors (Lipinski definition) is 1. The highest BCUT2D eigenvalue weighted by atomic mass is 15.5. The van der Waals surface area contributed by atoms with Gasteiger partial charge in [0.25, 0.3) is 0 Å². The first-order chi connectivity index (χ1) is 8.29. The molecule has 5 nitrogen and oxygen atoms in total. The monoisotopic (exact) mass is 231 g/mol. The van der Waals surface area contributed by atoms with Crippen molar-refractivity contribution in [2.75, 3.05) is 33.2 Å². The third kappa shape index (κ3) is 3.24. The van der Waals surface area contributed by atoms with E-state index in [9.17, 15) is 0 Å². The summed E-state index contributed by atoms with van der Waals surface area (Å²) in [5, 5.41) is 11.1. The largest absolute Gasteiger partial charge is 0.304 e. The summed E-state index contributed by atoms with van der Waals surface area (Å²) >= 11 is 0. The Kier molecular flexibility index (Phi) is 4.04. The second kappa shape index (κ2) is 5.73. The van der Waals surface area contributed by atoms with Crippen molar-refractivity contribution in [2.24, 2.45) is 0 Å². The summed E-state index contributed by atoms with van der Waals surface area (Å²) in [7, 11) is 2.13. The number of hydrogen-bond acceptors (Lipinski definition) is 5. The molecule has 17 heavy (non-hydrogen) atoms. The maximum absolute atomic E-state index is 8.93. The van der Waals surface area contributed by atoms with Gasteiger partial charge in [0.1, 0.15) is 11.8 Å². The Balaban J connectivity index is 1.88. The van der Waals surface area contributed by atoms with Crippen LogP contribution in [0.3, 0.4) is 0 Å². The Morgan fingerprint density at radius 1 is 1.41 bits per heavy atom. The van der Waals surface area contributed by atoms with E-state index in [0.717, 1.165) is 31.7 Å². The maximum atomic E-state index is 8.93. The third-order valence-electron chi connectivity index (χ3n) is 2.99.